The van der Waals surface area contributed by atoms with Crippen LogP contribution in [0.25, 0.3) is 0 Å². The molecule has 1 aromatic heterocycles. The van der Waals surface area contributed by atoms with Gasteiger partial charge in [-0.25, -0.2) is 9.67 Å². The second kappa shape index (κ2) is 3.98. The van der Waals surface area contributed by atoms with Gasteiger partial charge in [0, 0.05) is 19.2 Å². The van der Waals surface area contributed by atoms with E-state index >= 15 is 0 Å². The minimum Gasteiger partial charge on any atom is -0.397 e. The van der Waals surface area contributed by atoms with Crippen LogP contribution < -0.4 is 17.0 Å². The molecule has 0 spiro atoms. The molecule has 0 saturated carbocycles. The van der Waals surface area contributed by atoms with Crippen LogP contribution in [0.1, 0.15) is 6.42 Å². The van der Waals surface area contributed by atoms with Crippen LogP contribution in [0.2, 0.25) is 0 Å². The molecule has 1 aromatic rings. The van der Waals surface area contributed by atoms with Crippen molar-refractivity contribution in [1.82, 2.24) is 9.36 Å². The topological polar surface area (TPSA) is 108 Å². The van der Waals surface area contributed by atoms with Crippen LogP contribution in [0.4, 0.5) is 11.5 Å². The number of nitrogens with zero attached hydrogens (tertiary/aromatic N) is 3. The van der Waals surface area contributed by atoms with Crippen molar-refractivity contribution in [2.24, 2.45) is 10.7 Å². The Balaban J connectivity index is 2.11. The van der Waals surface area contributed by atoms with Crippen LogP contribution in [0, 0.1) is 0 Å². The van der Waals surface area contributed by atoms with Gasteiger partial charge in [0.25, 0.3) is 5.56 Å². The maximum atomic E-state index is 12.1. The van der Waals surface area contributed by atoms with Crippen LogP contribution in [0.15, 0.2) is 33.7 Å². The first-order valence-corrected chi connectivity index (χ1v) is 5.95. The van der Waals surface area contributed by atoms with Gasteiger partial charge in [-0.15, -0.1) is 0 Å². The second-order valence-electron chi connectivity index (χ2n) is 4.47. The van der Waals surface area contributed by atoms with E-state index in [4.69, 9.17) is 11.5 Å². The zero-order chi connectivity index (χ0) is 13.6. The molecule has 98 valence electrons. The largest absolute Gasteiger partial charge is 0.397 e. The van der Waals surface area contributed by atoms with E-state index < -0.39 is 0 Å². The Morgan fingerprint density at radius 3 is 2.53 bits per heavy atom. The molecule has 0 atom stereocenters. The number of carbonyl (C=O) groups excluding carboxylic acids is 1. The van der Waals surface area contributed by atoms with Crippen LogP contribution in [0.5, 0.6) is 0 Å². The van der Waals surface area contributed by atoms with E-state index in [1.165, 1.54) is 18.2 Å². The first-order chi connectivity index (χ1) is 9.08. The molecule has 0 fully saturated rings. The summed E-state index contributed by atoms with van der Waals surface area (Å²) >= 11 is 0. The van der Waals surface area contributed by atoms with Crippen molar-refractivity contribution in [2.75, 3.05) is 5.73 Å². The molecule has 0 unspecified atom stereocenters. The number of nitrogens with two attached hydrogens (primary N) is 2. The number of fused-ring (bicyclic) bond motifs is 1. The lowest BCUT2D eigenvalue weighted by Gasteiger charge is -2.05. The van der Waals surface area contributed by atoms with Gasteiger partial charge in [0.1, 0.15) is 0 Å². The van der Waals surface area contributed by atoms with Gasteiger partial charge in [0.2, 0.25) is 0 Å². The minimum absolute atomic E-state index is 0.185. The Morgan fingerprint density at radius 2 is 1.84 bits per heavy atom. The van der Waals surface area contributed by atoms with Gasteiger partial charge >= 0.3 is 0 Å². The van der Waals surface area contributed by atoms with Crippen LogP contribution in [-0.2, 0) is 17.9 Å². The van der Waals surface area contributed by atoms with Gasteiger partial charge in [-0.2, -0.15) is 0 Å². The number of aliphatic imine (C=N–C) groups is 1. The zero-order valence-corrected chi connectivity index (χ0v) is 10.2. The van der Waals surface area contributed by atoms with Gasteiger partial charge in [0.05, 0.1) is 11.4 Å². The average Bonchev–Trinajstić information content (AvgIpc) is 2.92. The third kappa shape index (κ3) is 1.70. The lowest BCUT2D eigenvalue weighted by molar-refractivity contribution is -0.110. The Hall–Kier alpha value is -2.57. The maximum absolute atomic E-state index is 12.1. The molecule has 0 bridgehead atoms. The molecule has 1 aliphatic heterocycles. The number of hydrogen-bond acceptors (Lipinski definition) is 5. The third-order valence-corrected chi connectivity index (χ3v) is 3.22. The first kappa shape index (κ1) is 11.5. The molecule has 1 aliphatic carbocycles. The Kier molecular flexibility index (Phi) is 2.41. The summed E-state index contributed by atoms with van der Waals surface area (Å²) in [6, 6.07) is 0. The monoisotopic (exact) mass is 259 g/mol. The molecule has 7 heteroatoms. The standard InChI is InChI=1S/C12H13N5O2/c13-8-6-7(18)2-3-9(8)15-10-11(14)16-4-1-5-17(16)12(10)19/h2-3,6H,1,4-5,13-14H2. The van der Waals surface area contributed by atoms with Crippen LogP contribution in [-0.4, -0.2) is 20.9 Å². The van der Waals surface area contributed by atoms with E-state index in [0.717, 1.165) is 6.42 Å². The van der Waals surface area contributed by atoms with Crippen molar-refractivity contribution in [3.63, 3.8) is 0 Å². The van der Waals surface area contributed by atoms with E-state index in [0.29, 0.717) is 24.6 Å². The van der Waals surface area contributed by atoms with Gasteiger partial charge in [0.15, 0.2) is 17.3 Å². The number of allylic oxidation sites excluding steroid dienone is 3. The number of anilines is 1. The summed E-state index contributed by atoms with van der Waals surface area (Å²) in [6.07, 6.45) is 5.01. The highest BCUT2D eigenvalue weighted by Crippen LogP contribution is 2.23. The number of aromatic nitrogens is 2. The van der Waals surface area contributed by atoms with Crippen molar-refractivity contribution in [3.05, 3.63) is 34.3 Å². The summed E-state index contributed by atoms with van der Waals surface area (Å²) in [6.45, 7) is 1.36. The molecular weight excluding hydrogens is 246 g/mol. The first-order valence-electron chi connectivity index (χ1n) is 5.95. The van der Waals surface area contributed by atoms with Crippen molar-refractivity contribution < 1.29 is 4.79 Å². The van der Waals surface area contributed by atoms with Gasteiger partial charge in [-0.1, -0.05) is 0 Å². The van der Waals surface area contributed by atoms with E-state index in [9.17, 15) is 9.59 Å². The molecule has 2 aliphatic rings. The average molecular weight is 259 g/mol. The van der Waals surface area contributed by atoms with Crippen LogP contribution in [0.3, 0.4) is 0 Å². The molecular formula is C12H13N5O2. The SMILES string of the molecule is NC1=CC(=O)C=CC1=Nc1c(N)n2n(c1=O)CCC2. The number of nitrogen functional groups attached to an aromatic ring is 1. The summed E-state index contributed by atoms with van der Waals surface area (Å²) in [5, 5.41) is 0. The molecule has 4 N–H and O–H groups in total. The van der Waals surface area contributed by atoms with Crippen molar-refractivity contribution in [2.45, 2.75) is 19.5 Å². The van der Waals surface area contributed by atoms with E-state index in [-0.39, 0.29) is 22.7 Å². The van der Waals surface area contributed by atoms with Gasteiger partial charge in [-0.3, -0.25) is 14.3 Å². The third-order valence-electron chi connectivity index (χ3n) is 3.22. The molecule has 0 radical (unpaired) electrons. The highest BCUT2D eigenvalue weighted by molar-refractivity contribution is 6.19. The van der Waals surface area contributed by atoms with E-state index in [1.54, 1.807) is 9.36 Å². The van der Waals surface area contributed by atoms with Crippen molar-refractivity contribution >= 4 is 23.0 Å². The second-order valence-corrected chi connectivity index (χ2v) is 4.47. The van der Waals surface area contributed by atoms with Crippen molar-refractivity contribution in [3.8, 4) is 0 Å². The summed E-state index contributed by atoms with van der Waals surface area (Å²) in [5.74, 6) is 0.147. The fourth-order valence-electron chi connectivity index (χ4n) is 2.29. The van der Waals surface area contributed by atoms with E-state index in [2.05, 4.69) is 4.99 Å². The smallest absolute Gasteiger partial charge is 0.294 e. The Morgan fingerprint density at radius 1 is 1.11 bits per heavy atom. The lowest BCUT2D eigenvalue weighted by atomic mass is 10.1. The predicted molar refractivity (Wildman–Crippen MR) is 71.2 cm³/mol. The number of hydrogen-bond donors (Lipinski definition) is 2. The number of rotatable bonds is 1. The Bertz CT molecular complexity index is 717. The number of carbonyl (C=O) groups is 1. The maximum Gasteiger partial charge on any atom is 0.294 e. The molecule has 19 heavy (non-hydrogen) atoms. The van der Waals surface area contributed by atoms with Gasteiger partial charge in [-0.05, 0) is 18.6 Å². The normalized spacial score (nSPS) is 19.9. The lowest BCUT2D eigenvalue weighted by Crippen LogP contribution is -2.18. The summed E-state index contributed by atoms with van der Waals surface area (Å²) in [5.41, 5.74) is 12.2. The summed E-state index contributed by atoms with van der Waals surface area (Å²) in [7, 11) is 0. The van der Waals surface area contributed by atoms with Gasteiger partial charge < -0.3 is 11.5 Å². The predicted octanol–water partition coefficient (Wildman–Crippen LogP) is -0.310. The van der Waals surface area contributed by atoms with E-state index in [1.807, 2.05) is 0 Å². The fraction of sp³-hybridized carbons (Fsp3) is 0.250. The Labute approximate surface area is 108 Å². The highest BCUT2D eigenvalue weighted by Gasteiger charge is 2.21. The molecule has 0 amide bonds. The quantitative estimate of drug-likeness (QED) is 0.674. The molecule has 7 nitrogen and oxygen atoms in total. The molecule has 3 rings (SSSR count). The summed E-state index contributed by atoms with van der Waals surface area (Å²) < 4.78 is 3.30. The summed E-state index contributed by atoms with van der Waals surface area (Å²) in [4.78, 5) is 27.5. The highest BCUT2D eigenvalue weighted by atomic mass is 16.1. The molecule has 0 aromatic carbocycles. The fourth-order valence-corrected chi connectivity index (χ4v) is 2.29. The minimum atomic E-state index is -0.222. The molecule has 2 heterocycles. The van der Waals surface area contributed by atoms with Crippen LogP contribution >= 0.6 is 0 Å². The van der Waals surface area contributed by atoms with Crippen molar-refractivity contribution in [1.29, 1.82) is 0 Å². The zero-order valence-electron chi connectivity index (χ0n) is 10.2. The molecule has 0 saturated heterocycles. The number of ketones is 1.